The molecule has 1 N–H and O–H groups in total. The van der Waals surface area contributed by atoms with Crippen LogP contribution in [0.1, 0.15) is 172 Å². The van der Waals surface area contributed by atoms with Crippen LogP contribution in [-0.4, -0.2) is 121 Å². The van der Waals surface area contributed by atoms with E-state index in [4.69, 9.17) is 29.0 Å². The van der Waals surface area contributed by atoms with E-state index in [-0.39, 0.29) is 58.0 Å². The third kappa shape index (κ3) is 12.9. The molecule has 17 heteroatoms. The number of aromatic nitrogens is 4. The van der Waals surface area contributed by atoms with Gasteiger partial charge in [-0.2, -0.15) is 5.10 Å². The molecular weight excluding hydrogens is 1030 g/mol. The molecule has 11 rings (SSSR count). The second-order valence-electron chi connectivity index (χ2n) is 27.7. The number of benzene rings is 2. The van der Waals surface area contributed by atoms with Crippen molar-refractivity contribution in [1.29, 1.82) is 0 Å². The number of hydrogen-bond acceptors (Lipinski definition) is 14. The number of likely N-dealkylation sites (tertiary alicyclic amines) is 1. The van der Waals surface area contributed by atoms with Gasteiger partial charge in [-0.05, 0) is 185 Å². The molecule has 5 aromatic rings. The highest BCUT2D eigenvalue weighted by atomic mass is 32.1. The molecule has 2 unspecified atom stereocenters. The number of fused-ring (bicyclic) bond motifs is 2. The Morgan fingerprint density at radius 2 is 1.46 bits per heavy atom. The predicted octanol–water partition coefficient (Wildman–Crippen LogP) is 12.2. The van der Waals surface area contributed by atoms with Gasteiger partial charge in [-0.15, -0.1) is 0 Å². The third-order valence-corrected chi connectivity index (χ3v) is 17.8. The van der Waals surface area contributed by atoms with Crippen LogP contribution in [0.4, 0.5) is 15.7 Å². The maximum Gasteiger partial charge on any atom is 0.410 e. The van der Waals surface area contributed by atoms with E-state index in [2.05, 4.69) is 51.6 Å². The fourth-order valence-corrected chi connectivity index (χ4v) is 15.8. The van der Waals surface area contributed by atoms with Crippen molar-refractivity contribution in [1.82, 2.24) is 29.5 Å². The summed E-state index contributed by atoms with van der Waals surface area (Å²) in [6.07, 6.45) is 10.4. The van der Waals surface area contributed by atoms with Gasteiger partial charge in [0, 0.05) is 74.2 Å². The highest BCUT2D eigenvalue weighted by Crippen LogP contribution is 2.72. The van der Waals surface area contributed by atoms with E-state index in [1.165, 1.54) is 11.3 Å². The average Bonchev–Trinajstić information content (AvgIpc) is 3.95. The Kier molecular flexibility index (Phi) is 15.4. The first-order valence-corrected chi connectivity index (χ1v) is 29.7. The first-order chi connectivity index (χ1) is 37.6. The summed E-state index contributed by atoms with van der Waals surface area (Å²) in [6.45, 7) is 28.8. The van der Waals surface area contributed by atoms with E-state index in [0.29, 0.717) is 74.4 Å². The second kappa shape index (κ2) is 21.4. The van der Waals surface area contributed by atoms with Gasteiger partial charge in [0.05, 0.1) is 35.0 Å². The van der Waals surface area contributed by atoms with Crippen LogP contribution >= 0.6 is 11.3 Å². The lowest BCUT2D eigenvalue weighted by Gasteiger charge is -2.69. The molecular formula is C63H84N8O8S. The van der Waals surface area contributed by atoms with Crippen molar-refractivity contribution < 1.29 is 38.1 Å². The monoisotopic (exact) mass is 1110 g/mol. The van der Waals surface area contributed by atoms with E-state index in [0.717, 1.165) is 90.5 Å². The quantitative estimate of drug-likeness (QED) is 0.0776. The van der Waals surface area contributed by atoms with Gasteiger partial charge in [0.1, 0.15) is 22.6 Å². The molecule has 5 heterocycles. The molecule has 4 aliphatic carbocycles. The van der Waals surface area contributed by atoms with Gasteiger partial charge in [0.2, 0.25) is 0 Å². The molecule has 0 radical (unpaired) electrons. The number of esters is 2. The molecule has 4 saturated carbocycles. The number of carbonyl (C=O) groups is 4. The summed E-state index contributed by atoms with van der Waals surface area (Å²) >= 11 is 1.45. The first kappa shape index (κ1) is 57.3. The topological polar surface area (TPSA) is 171 Å². The maximum absolute atomic E-state index is 14.4. The summed E-state index contributed by atoms with van der Waals surface area (Å²) in [4.78, 5) is 70.5. The molecule has 4 bridgehead atoms. The normalized spacial score (nSPS) is 24.1. The number of rotatable bonds is 15. The summed E-state index contributed by atoms with van der Waals surface area (Å²) in [5, 5.41) is 8.72. The fraction of sp³-hybridized carbons (Fsp3) is 0.603. The van der Waals surface area contributed by atoms with Crippen molar-refractivity contribution in [2.45, 2.75) is 189 Å². The smallest absolute Gasteiger partial charge is 0.410 e. The molecule has 5 fully saturated rings. The van der Waals surface area contributed by atoms with Gasteiger partial charge >= 0.3 is 18.0 Å². The fourth-order valence-electron chi connectivity index (χ4n) is 15.0. The Bertz CT molecular complexity index is 3100. The SMILES string of the molecule is Cc1c(-c2ccc(N3CCc4cccc(C(=O)Nc5nc6ccccc6s5)c4C3)nc2C(=O)OC(C)(C)C)cnn1CC12CC3(C)CC(C)(C1)CC(OCCN(CCC(=O)OC(C)(C)C)C1CCN(C(=O)OC(C)(C)C)CC1)(C3)C2. The van der Waals surface area contributed by atoms with Crippen LogP contribution in [0.15, 0.2) is 60.8 Å². The van der Waals surface area contributed by atoms with Crippen molar-refractivity contribution in [3.63, 3.8) is 0 Å². The molecule has 6 aliphatic rings. The largest absolute Gasteiger partial charge is 0.460 e. The van der Waals surface area contributed by atoms with Crippen LogP contribution in [0.5, 0.6) is 0 Å². The lowest BCUT2D eigenvalue weighted by Crippen LogP contribution is -2.64. The number of anilines is 2. The molecule has 2 aliphatic heterocycles. The Balaban J connectivity index is 0.863. The van der Waals surface area contributed by atoms with Crippen LogP contribution in [0, 0.1) is 23.2 Å². The average molecular weight is 1110 g/mol. The molecule has 3 aromatic heterocycles. The molecule has 1 saturated heterocycles. The van der Waals surface area contributed by atoms with E-state index in [1.54, 1.807) is 4.90 Å². The summed E-state index contributed by atoms with van der Waals surface area (Å²) in [5.74, 6) is -0.310. The highest BCUT2D eigenvalue weighted by Gasteiger charge is 2.66. The Morgan fingerprint density at radius 1 is 0.762 bits per heavy atom. The maximum atomic E-state index is 14.4. The van der Waals surface area contributed by atoms with E-state index >= 15 is 0 Å². The molecule has 2 aromatic carbocycles. The standard InChI is InChI=1S/C63H84N8O8S/c1-41-46(44-20-21-50(66-52(44)54(74)78-58(5,6)7)70-26-22-42-16-15-17-45(47(42)33-70)53(73)67-55-65-48-18-13-14-19-49(48)80-55)32-64-71(41)40-62-35-60(11)34-61(12,36-62)38-63(37-60,39-62)76-31-30-68(29-25-51(72)77-57(2,3)4)43-23-27-69(28-24-43)56(75)79-59(8,9)10/h13-21,32,43H,22-31,33-40H2,1-12H3,(H,65,67,73). The Morgan fingerprint density at radius 3 is 2.15 bits per heavy atom. The molecule has 430 valence electrons. The Hall–Kier alpha value is -5.91. The second-order valence-corrected chi connectivity index (χ2v) is 28.7. The minimum absolute atomic E-state index is 0.0675. The number of nitrogens with zero attached hydrogens (tertiary/aromatic N) is 7. The van der Waals surface area contributed by atoms with Crippen LogP contribution in [0.25, 0.3) is 21.3 Å². The summed E-state index contributed by atoms with van der Waals surface area (Å²) < 4.78 is 28.0. The number of pyridine rings is 1. The Labute approximate surface area is 476 Å². The number of carbonyl (C=O) groups excluding carboxylic acids is 4. The minimum Gasteiger partial charge on any atom is -0.460 e. The number of para-hydroxylation sites is 1. The van der Waals surface area contributed by atoms with Crippen LogP contribution < -0.4 is 10.2 Å². The zero-order chi connectivity index (χ0) is 57.2. The summed E-state index contributed by atoms with van der Waals surface area (Å²) in [7, 11) is 0. The van der Waals surface area contributed by atoms with Crippen LogP contribution in [-0.2, 0) is 43.3 Å². The number of hydrogen-bond donors (Lipinski definition) is 1. The van der Waals surface area contributed by atoms with Crippen LogP contribution in [0.2, 0.25) is 0 Å². The van der Waals surface area contributed by atoms with E-state index in [1.807, 2.05) is 117 Å². The zero-order valence-corrected chi connectivity index (χ0v) is 50.2. The van der Waals surface area contributed by atoms with Crippen molar-refractivity contribution in [3.8, 4) is 11.1 Å². The van der Waals surface area contributed by atoms with Crippen molar-refractivity contribution in [2.75, 3.05) is 49.5 Å². The highest BCUT2D eigenvalue weighted by molar-refractivity contribution is 7.22. The molecule has 80 heavy (non-hydrogen) atoms. The van der Waals surface area contributed by atoms with Crippen molar-refractivity contribution in [3.05, 3.63) is 88.9 Å². The lowest BCUT2D eigenvalue weighted by atomic mass is 9.39. The summed E-state index contributed by atoms with van der Waals surface area (Å²) in [6, 6.07) is 17.9. The molecule has 16 nitrogen and oxygen atoms in total. The number of piperidine rings is 1. The number of thiazole rings is 1. The first-order valence-electron chi connectivity index (χ1n) is 28.9. The van der Waals surface area contributed by atoms with Crippen molar-refractivity contribution in [2.24, 2.45) is 16.2 Å². The van der Waals surface area contributed by atoms with Crippen LogP contribution in [0.3, 0.4) is 0 Å². The number of ether oxygens (including phenoxy) is 4. The van der Waals surface area contributed by atoms with E-state index in [9.17, 15) is 19.2 Å². The van der Waals surface area contributed by atoms with Gasteiger partial charge in [-0.1, -0.05) is 49.4 Å². The molecule has 2 amide bonds. The van der Waals surface area contributed by atoms with E-state index < -0.39 is 22.8 Å². The van der Waals surface area contributed by atoms with Gasteiger partial charge in [0.25, 0.3) is 5.91 Å². The number of amides is 2. The zero-order valence-electron chi connectivity index (χ0n) is 49.4. The molecule has 2 atom stereocenters. The van der Waals surface area contributed by atoms with Gasteiger partial charge in [-0.25, -0.2) is 19.6 Å². The third-order valence-electron chi connectivity index (χ3n) is 16.8. The number of nitrogens with one attached hydrogen (secondary N) is 1. The molecule has 0 spiro atoms. The predicted molar refractivity (Wildman–Crippen MR) is 312 cm³/mol. The minimum atomic E-state index is -0.761. The van der Waals surface area contributed by atoms with Gasteiger partial charge < -0.3 is 28.7 Å². The summed E-state index contributed by atoms with van der Waals surface area (Å²) in [5.41, 5.74) is 4.06. The van der Waals surface area contributed by atoms with Gasteiger partial charge in [-0.3, -0.25) is 24.5 Å². The van der Waals surface area contributed by atoms with Crippen molar-refractivity contribution >= 4 is 56.4 Å². The lowest BCUT2D eigenvalue weighted by molar-refractivity contribution is -0.249. The van der Waals surface area contributed by atoms with Gasteiger partial charge in [0.15, 0.2) is 10.8 Å².